The van der Waals surface area contributed by atoms with Gasteiger partial charge in [-0.15, -0.1) is 0 Å². The quantitative estimate of drug-likeness (QED) is 0.235. The van der Waals surface area contributed by atoms with Crippen LogP contribution in [0.5, 0.6) is 0 Å². The number of amides is 2. The molecule has 2 aliphatic heterocycles. The van der Waals surface area contributed by atoms with E-state index in [0.717, 1.165) is 29.6 Å². The number of ether oxygens (including phenoxy) is 1. The molecular weight excluding hydrogens is 621 g/mol. The number of piperazine rings is 1. The number of fused-ring (bicyclic) bond motifs is 1. The van der Waals surface area contributed by atoms with Crippen molar-refractivity contribution >= 4 is 39.8 Å². The predicted octanol–water partition coefficient (Wildman–Crippen LogP) is 6.12. The first-order valence-electron chi connectivity index (χ1n) is 15.4. The van der Waals surface area contributed by atoms with Crippen LogP contribution in [-0.4, -0.2) is 80.4 Å². The zero-order valence-electron chi connectivity index (χ0n) is 25.7. The van der Waals surface area contributed by atoms with Crippen LogP contribution in [0, 0.1) is 11.6 Å². The number of hydrogen-bond acceptors (Lipinski definition) is 5. The summed E-state index contributed by atoms with van der Waals surface area (Å²) in [7, 11) is 1.99. The van der Waals surface area contributed by atoms with Gasteiger partial charge in [0.05, 0.1) is 16.9 Å². The summed E-state index contributed by atoms with van der Waals surface area (Å²) in [5, 5.41) is 3.41. The minimum Gasteiger partial charge on any atom is -0.381 e. The molecule has 8 nitrogen and oxygen atoms in total. The van der Waals surface area contributed by atoms with Crippen molar-refractivity contribution in [1.82, 2.24) is 9.88 Å². The Morgan fingerprint density at radius 1 is 0.936 bits per heavy atom. The highest BCUT2D eigenvalue weighted by Gasteiger charge is 2.46. The first kappa shape index (κ1) is 32.5. The third kappa shape index (κ3) is 7.25. The number of rotatable bonds is 7. The number of aromatic nitrogens is 1. The number of anilines is 3. The SMILES string of the molecule is CN1CCN(c2ccc(C(=O)Nc3c[nH]c4ccc(Cc5cc(F)cc(F)c5)cc34)c(N(C(=O)C(F)(F)F)C3CCOCC3)c2)CC1. The molecule has 0 bridgehead atoms. The molecule has 13 heteroatoms. The highest BCUT2D eigenvalue weighted by molar-refractivity contribution is 6.14. The molecule has 3 heterocycles. The number of carbonyl (C=O) groups is 2. The van der Waals surface area contributed by atoms with Crippen LogP contribution < -0.4 is 15.1 Å². The van der Waals surface area contributed by atoms with Crippen molar-refractivity contribution in [2.75, 3.05) is 61.6 Å². The summed E-state index contributed by atoms with van der Waals surface area (Å²) in [6.07, 6.45) is -3.03. The number of halogens is 5. The van der Waals surface area contributed by atoms with E-state index >= 15 is 0 Å². The van der Waals surface area contributed by atoms with E-state index in [0.29, 0.717) is 40.9 Å². The highest BCUT2D eigenvalue weighted by atomic mass is 19.4. The molecule has 6 rings (SSSR count). The lowest BCUT2D eigenvalue weighted by Gasteiger charge is -2.37. The summed E-state index contributed by atoms with van der Waals surface area (Å²) in [6, 6.07) is 12.4. The van der Waals surface area contributed by atoms with E-state index in [9.17, 15) is 31.5 Å². The molecule has 47 heavy (non-hydrogen) atoms. The third-order valence-corrected chi connectivity index (χ3v) is 8.70. The number of carbonyl (C=O) groups excluding carboxylic acids is 2. The Kier molecular flexibility index (Phi) is 9.20. The summed E-state index contributed by atoms with van der Waals surface area (Å²) >= 11 is 0. The summed E-state index contributed by atoms with van der Waals surface area (Å²) < 4.78 is 75.3. The van der Waals surface area contributed by atoms with Gasteiger partial charge in [0.15, 0.2) is 0 Å². The Balaban J connectivity index is 1.36. The molecule has 2 N–H and O–H groups in total. The van der Waals surface area contributed by atoms with Gasteiger partial charge in [-0.3, -0.25) is 9.59 Å². The number of benzene rings is 3. The van der Waals surface area contributed by atoms with Crippen LogP contribution in [0.3, 0.4) is 0 Å². The number of aromatic amines is 1. The highest BCUT2D eigenvalue weighted by Crippen LogP contribution is 2.36. The van der Waals surface area contributed by atoms with Gasteiger partial charge in [-0.2, -0.15) is 13.2 Å². The van der Waals surface area contributed by atoms with Crippen LogP contribution in [0.2, 0.25) is 0 Å². The van der Waals surface area contributed by atoms with Gasteiger partial charge in [-0.1, -0.05) is 6.07 Å². The molecule has 3 aromatic carbocycles. The van der Waals surface area contributed by atoms with Crippen LogP contribution in [0.25, 0.3) is 10.9 Å². The van der Waals surface area contributed by atoms with E-state index in [1.165, 1.54) is 24.3 Å². The van der Waals surface area contributed by atoms with Gasteiger partial charge >= 0.3 is 12.1 Å². The fourth-order valence-corrected chi connectivity index (χ4v) is 6.24. The topological polar surface area (TPSA) is 80.9 Å². The van der Waals surface area contributed by atoms with Crippen LogP contribution in [0.15, 0.2) is 60.8 Å². The second-order valence-corrected chi connectivity index (χ2v) is 12.0. The maximum Gasteiger partial charge on any atom is 0.471 e. The van der Waals surface area contributed by atoms with Crippen molar-refractivity contribution in [3.63, 3.8) is 0 Å². The average molecular weight is 656 g/mol. The molecule has 0 atom stereocenters. The van der Waals surface area contributed by atoms with Crippen LogP contribution in [-0.2, 0) is 16.0 Å². The Bertz CT molecular complexity index is 1760. The first-order chi connectivity index (χ1) is 22.5. The summed E-state index contributed by atoms with van der Waals surface area (Å²) in [5.41, 5.74) is 2.56. The van der Waals surface area contributed by atoms with Gasteiger partial charge in [-0.25, -0.2) is 8.78 Å². The second kappa shape index (κ2) is 13.3. The molecule has 0 spiro atoms. The molecule has 0 saturated carbocycles. The monoisotopic (exact) mass is 655 g/mol. The van der Waals surface area contributed by atoms with Crippen molar-refractivity contribution in [3.05, 3.63) is 89.1 Å². The zero-order valence-corrected chi connectivity index (χ0v) is 25.7. The zero-order chi connectivity index (χ0) is 33.3. The van der Waals surface area contributed by atoms with E-state index in [-0.39, 0.29) is 43.7 Å². The number of H-pyrrole nitrogens is 1. The number of nitrogens with zero attached hydrogens (tertiary/aromatic N) is 3. The number of nitrogens with one attached hydrogen (secondary N) is 2. The lowest BCUT2D eigenvalue weighted by Crippen LogP contribution is -2.50. The van der Waals surface area contributed by atoms with Gasteiger partial charge in [0, 0.05) is 74.3 Å². The maximum absolute atomic E-state index is 14.1. The Hall–Kier alpha value is -4.49. The first-order valence-corrected chi connectivity index (χ1v) is 15.4. The lowest BCUT2D eigenvalue weighted by molar-refractivity contribution is -0.171. The Morgan fingerprint density at radius 3 is 2.32 bits per heavy atom. The molecule has 0 radical (unpaired) electrons. The Labute approximate surface area is 268 Å². The number of likely N-dealkylation sites (N-methyl/N-ethyl adjacent to an activating group) is 1. The van der Waals surface area contributed by atoms with Gasteiger partial charge in [0.1, 0.15) is 11.6 Å². The molecule has 0 unspecified atom stereocenters. The summed E-state index contributed by atoms with van der Waals surface area (Å²) in [5.74, 6) is -4.12. The smallest absolute Gasteiger partial charge is 0.381 e. The molecule has 2 amide bonds. The van der Waals surface area contributed by atoms with Crippen molar-refractivity contribution < 1.29 is 36.3 Å². The van der Waals surface area contributed by atoms with E-state index in [1.54, 1.807) is 30.5 Å². The largest absolute Gasteiger partial charge is 0.471 e. The normalized spacial score (nSPS) is 16.4. The van der Waals surface area contributed by atoms with Crippen LogP contribution >= 0.6 is 0 Å². The van der Waals surface area contributed by atoms with Gasteiger partial charge in [-0.05, 0) is 79.9 Å². The van der Waals surface area contributed by atoms with Gasteiger partial charge < -0.3 is 29.7 Å². The van der Waals surface area contributed by atoms with E-state index in [1.807, 2.05) is 11.9 Å². The van der Waals surface area contributed by atoms with Crippen molar-refractivity contribution in [3.8, 4) is 0 Å². The standard InChI is InChI=1S/C34H34F5N5O3/c1-42-8-10-43(11-9-42)26-3-4-27(31(19-26)44(33(46)34(37,38)39)25-6-12-47-13-7-25)32(45)41-30-20-40-29-5-2-21(17-28(29)30)14-22-15-23(35)18-24(36)16-22/h2-5,15-20,25,40H,6-14H2,1H3,(H,41,45). The van der Waals surface area contributed by atoms with Crippen molar-refractivity contribution in [2.45, 2.75) is 31.5 Å². The van der Waals surface area contributed by atoms with E-state index < -0.39 is 35.7 Å². The molecular formula is C34H34F5N5O3. The molecule has 4 aromatic rings. The van der Waals surface area contributed by atoms with E-state index in [2.05, 4.69) is 15.2 Å². The molecule has 2 aliphatic rings. The summed E-state index contributed by atoms with van der Waals surface area (Å²) in [6.45, 7) is 3.13. The fourth-order valence-electron chi connectivity index (χ4n) is 6.24. The van der Waals surface area contributed by atoms with Crippen LogP contribution in [0.1, 0.15) is 34.3 Å². The van der Waals surface area contributed by atoms with Crippen molar-refractivity contribution in [2.24, 2.45) is 0 Å². The summed E-state index contributed by atoms with van der Waals surface area (Å²) in [4.78, 5) is 34.9. The molecule has 2 saturated heterocycles. The van der Waals surface area contributed by atoms with Gasteiger partial charge in [0.2, 0.25) is 0 Å². The minimum atomic E-state index is -5.17. The number of alkyl halides is 3. The third-order valence-electron chi connectivity index (χ3n) is 8.70. The molecule has 248 valence electrons. The average Bonchev–Trinajstić information content (AvgIpc) is 3.42. The molecule has 2 fully saturated rings. The van der Waals surface area contributed by atoms with E-state index in [4.69, 9.17) is 4.74 Å². The minimum absolute atomic E-state index is 0.0901. The maximum atomic E-state index is 14.1. The lowest BCUT2D eigenvalue weighted by atomic mass is 10.0. The molecule has 0 aliphatic carbocycles. The second-order valence-electron chi connectivity index (χ2n) is 12.0. The van der Waals surface area contributed by atoms with Crippen LogP contribution in [0.4, 0.5) is 39.0 Å². The molecule has 1 aromatic heterocycles. The number of hydrogen-bond donors (Lipinski definition) is 2. The fraction of sp³-hybridized carbons (Fsp3) is 0.353. The Morgan fingerprint density at radius 2 is 1.64 bits per heavy atom. The van der Waals surface area contributed by atoms with Crippen molar-refractivity contribution in [1.29, 1.82) is 0 Å². The predicted molar refractivity (Wildman–Crippen MR) is 169 cm³/mol. The van der Waals surface area contributed by atoms with Gasteiger partial charge in [0.25, 0.3) is 5.91 Å².